The van der Waals surface area contributed by atoms with Gasteiger partial charge in [0.05, 0.1) is 5.37 Å². The number of nitrogens with zero attached hydrogens (tertiary/aromatic N) is 4. The monoisotopic (exact) mass is 437 g/mol. The van der Waals surface area contributed by atoms with Crippen LogP contribution in [0.3, 0.4) is 0 Å². The second-order valence-electron chi connectivity index (χ2n) is 5.36. The fourth-order valence-electron chi connectivity index (χ4n) is 2.50. The molecule has 0 amide bonds. The quantitative estimate of drug-likeness (QED) is 0.439. The van der Waals surface area contributed by atoms with Crippen molar-refractivity contribution in [3.8, 4) is 0 Å². The minimum absolute atomic E-state index is 0.319. The summed E-state index contributed by atoms with van der Waals surface area (Å²) in [6.07, 6.45) is 2.08. The molecule has 1 atom stereocenters. The number of thioether (sulfide) groups is 3. The molecule has 0 spiro atoms. The highest BCUT2D eigenvalue weighted by Crippen LogP contribution is 2.41. The molecule has 1 aliphatic heterocycles. The Morgan fingerprint density at radius 2 is 1.54 bits per heavy atom. The zero-order valence-electron chi connectivity index (χ0n) is 14.0. The van der Waals surface area contributed by atoms with Gasteiger partial charge in [0.15, 0.2) is 9.54 Å². The van der Waals surface area contributed by atoms with Gasteiger partial charge in [0.2, 0.25) is 0 Å². The number of rotatable bonds is 4. The summed E-state index contributed by atoms with van der Waals surface area (Å²) in [5.41, 5.74) is 0. The van der Waals surface area contributed by atoms with Gasteiger partial charge in [-0.15, -0.1) is 23.5 Å². The van der Waals surface area contributed by atoms with Crippen molar-refractivity contribution in [1.82, 2.24) is 23.0 Å². The van der Waals surface area contributed by atoms with E-state index in [0.717, 1.165) is 20.3 Å². The van der Waals surface area contributed by atoms with Crippen LogP contribution in [-0.2, 0) is 28.2 Å². The first kappa shape index (κ1) is 19.0. The minimum Gasteiger partial charge on any atom is -0.314 e. The van der Waals surface area contributed by atoms with Crippen LogP contribution < -0.4 is 4.72 Å². The Bertz CT molecular complexity index is 888. The Balaban J connectivity index is 1.78. The standard InChI is InChI=1S/C13H19N5S6/c1-15-8(21-5)11(18(4)12(15)19)24-14-7-6-22-9-10(23-7)17(3)13(20)16(9)2/h7,14H,6H2,1-5H3. The van der Waals surface area contributed by atoms with Gasteiger partial charge in [-0.3, -0.25) is 0 Å². The Hall–Kier alpha value is 0.220. The van der Waals surface area contributed by atoms with Gasteiger partial charge in [-0.05, 0) is 42.6 Å². The van der Waals surface area contributed by atoms with Crippen LogP contribution in [0.15, 0.2) is 20.1 Å². The number of aromatic nitrogens is 4. The maximum Gasteiger partial charge on any atom is 0.181 e. The number of fused-ring (bicyclic) bond motifs is 1. The highest BCUT2D eigenvalue weighted by molar-refractivity contribution is 8.07. The van der Waals surface area contributed by atoms with E-state index >= 15 is 0 Å². The number of hydrogen-bond acceptors (Lipinski definition) is 7. The van der Waals surface area contributed by atoms with E-state index in [4.69, 9.17) is 24.4 Å². The van der Waals surface area contributed by atoms with E-state index in [2.05, 4.69) is 29.2 Å². The van der Waals surface area contributed by atoms with Crippen molar-refractivity contribution in [3.05, 3.63) is 9.54 Å². The van der Waals surface area contributed by atoms with E-state index < -0.39 is 0 Å². The molecule has 0 fully saturated rings. The topological polar surface area (TPSA) is 31.8 Å². The van der Waals surface area contributed by atoms with Gasteiger partial charge in [0.1, 0.15) is 20.1 Å². The fourth-order valence-corrected chi connectivity index (χ4v) is 7.84. The normalized spacial score (nSPS) is 17.3. The van der Waals surface area contributed by atoms with E-state index in [9.17, 15) is 0 Å². The number of nitrogens with one attached hydrogen (secondary N) is 1. The lowest BCUT2D eigenvalue weighted by Gasteiger charge is -2.22. The molecule has 1 unspecified atom stereocenters. The minimum atomic E-state index is 0.319. The summed E-state index contributed by atoms with van der Waals surface area (Å²) in [5.74, 6) is 1.00. The molecule has 0 saturated heterocycles. The predicted octanol–water partition coefficient (Wildman–Crippen LogP) is 4.04. The van der Waals surface area contributed by atoms with Crippen LogP contribution in [0.2, 0.25) is 0 Å². The molecule has 1 aliphatic rings. The van der Waals surface area contributed by atoms with Gasteiger partial charge < -0.3 is 18.3 Å². The van der Waals surface area contributed by atoms with Gasteiger partial charge in [0.25, 0.3) is 0 Å². The SMILES string of the molecule is CSc1c(SNC2CSc3c(n(C)c(=S)n3C)S2)n(C)c(=S)n1C. The molecule has 0 bridgehead atoms. The molecule has 2 aromatic heterocycles. The van der Waals surface area contributed by atoms with Crippen LogP contribution in [0.1, 0.15) is 0 Å². The smallest absolute Gasteiger partial charge is 0.181 e. The maximum absolute atomic E-state index is 5.47. The third-order valence-electron chi connectivity index (χ3n) is 3.84. The Morgan fingerprint density at radius 3 is 2.21 bits per heavy atom. The molecule has 0 aliphatic carbocycles. The summed E-state index contributed by atoms with van der Waals surface area (Å²) in [5, 5.41) is 5.17. The third-order valence-corrected chi connectivity index (χ3v) is 9.97. The van der Waals surface area contributed by atoms with Gasteiger partial charge in [-0.1, -0.05) is 11.8 Å². The molecule has 0 saturated carbocycles. The van der Waals surface area contributed by atoms with E-state index in [-0.39, 0.29) is 0 Å². The maximum atomic E-state index is 5.47. The van der Waals surface area contributed by atoms with E-state index in [0.29, 0.717) is 5.37 Å². The molecule has 5 nitrogen and oxygen atoms in total. The van der Waals surface area contributed by atoms with Crippen molar-refractivity contribution in [1.29, 1.82) is 0 Å². The number of hydrogen-bond donors (Lipinski definition) is 1. The van der Waals surface area contributed by atoms with E-state index in [1.165, 1.54) is 15.1 Å². The van der Waals surface area contributed by atoms with Crippen LogP contribution >= 0.6 is 71.7 Å². The second-order valence-corrected chi connectivity index (χ2v) is 9.92. The molecule has 2 aromatic rings. The van der Waals surface area contributed by atoms with Gasteiger partial charge in [-0.2, -0.15) is 0 Å². The lowest BCUT2D eigenvalue weighted by molar-refractivity contribution is 0.772. The van der Waals surface area contributed by atoms with Gasteiger partial charge in [0, 0.05) is 33.9 Å². The fraction of sp³-hybridized carbons (Fsp3) is 0.538. The average Bonchev–Trinajstić information content (AvgIpc) is 2.93. The van der Waals surface area contributed by atoms with Crippen LogP contribution in [-0.4, -0.2) is 35.7 Å². The molecule has 11 heteroatoms. The highest BCUT2D eigenvalue weighted by atomic mass is 32.2. The molecule has 0 aromatic carbocycles. The number of imidazole rings is 2. The van der Waals surface area contributed by atoms with Crippen molar-refractivity contribution in [2.24, 2.45) is 28.2 Å². The van der Waals surface area contributed by atoms with E-state index in [1.54, 1.807) is 23.7 Å². The molecular formula is C13H19N5S6. The Morgan fingerprint density at radius 1 is 0.958 bits per heavy atom. The van der Waals surface area contributed by atoms with Gasteiger partial charge in [-0.25, -0.2) is 4.72 Å². The summed E-state index contributed by atoms with van der Waals surface area (Å²) < 4.78 is 13.6. The molecule has 1 N–H and O–H groups in total. The van der Waals surface area contributed by atoms with Crippen LogP contribution in [0.4, 0.5) is 0 Å². The summed E-state index contributed by atoms with van der Waals surface area (Å²) in [6.45, 7) is 0. The molecule has 3 heterocycles. The first-order valence-electron chi connectivity index (χ1n) is 7.14. The average molecular weight is 438 g/mol. The molecule has 3 rings (SSSR count). The Labute approximate surface area is 169 Å². The largest absolute Gasteiger partial charge is 0.314 e. The van der Waals surface area contributed by atoms with Crippen molar-refractivity contribution >= 4 is 71.7 Å². The summed E-state index contributed by atoms with van der Waals surface area (Å²) in [6, 6.07) is 0. The second kappa shape index (κ2) is 7.45. The van der Waals surface area contributed by atoms with Crippen LogP contribution in [0.5, 0.6) is 0 Å². The van der Waals surface area contributed by atoms with Crippen molar-refractivity contribution in [2.75, 3.05) is 12.0 Å². The predicted molar refractivity (Wildman–Crippen MR) is 112 cm³/mol. The van der Waals surface area contributed by atoms with Crippen LogP contribution in [0.25, 0.3) is 0 Å². The lowest BCUT2D eigenvalue weighted by Crippen LogP contribution is -2.25. The summed E-state index contributed by atoms with van der Waals surface area (Å²) in [7, 11) is 8.12. The van der Waals surface area contributed by atoms with Crippen LogP contribution in [0, 0.1) is 9.54 Å². The Kier molecular flexibility index (Phi) is 5.90. The van der Waals surface area contributed by atoms with Gasteiger partial charge >= 0.3 is 0 Å². The first-order valence-corrected chi connectivity index (χ1v) is 11.9. The third kappa shape index (κ3) is 3.17. The molecule has 0 radical (unpaired) electrons. The molecule has 132 valence electrons. The zero-order valence-corrected chi connectivity index (χ0v) is 18.9. The molecular weight excluding hydrogens is 419 g/mol. The highest BCUT2D eigenvalue weighted by Gasteiger charge is 2.26. The summed E-state index contributed by atoms with van der Waals surface area (Å²) in [4.78, 5) is 0. The van der Waals surface area contributed by atoms with Crippen molar-refractivity contribution < 1.29 is 0 Å². The van der Waals surface area contributed by atoms with Crippen molar-refractivity contribution in [2.45, 2.75) is 25.5 Å². The first-order chi connectivity index (χ1) is 11.4. The van der Waals surface area contributed by atoms with E-state index in [1.807, 2.05) is 51.7 Å². The summed E-state index contributed by atoms with van der Waals surface area (Å²) >= 11 is 18.0. The lowest BCUT2D eigenvalue weighted by atomic mass is 10.8. The molecule has 24 heavy (non-hydrogen) atoms. The zero-order chi connectivity index (χ0) is 17.6. The van der Waals surface area contributed by atoms with Crippen molar-refractivity contribution in [3.63, 3.8) is 0 Å².